The topological polar surface area (TPSA) is 81.9 Å². The number of nitrogens with zero attached hydrogens (tertiary/aromatic N) is 7. The molecule has 0 N–H and O–H groups in total. The maximum absolute atomic E-state index is 5.97. The first-order chi connectivity index (χ1) is 18.4. The number of pyridine rings is 2. The molecule has 196 valence electrons. The lowest BCUT2D eigenvalue weighted by atomic mass is 10.00. The molecule has 8 nitrogen and oxygen atoms in total. The van der Waals surface area contributed by atoms with E-state index in [2.05, 4.69) is 64.0 Å². The molecule has 0 amide bonds. The molecule has 0 saturated carbocycles. The van der Waals surface area contributed by atoms with Crippen molar-refractivity contribution in [1.82, 2.24) is 29.5 Å². The van der Waals surface area contributed by atoms with Gasteiger partial charge in [-0.15, -0.1) is 0 Å². The van der Waals surface area contributed by atoms with E-state index in [0.717, 1.165) is 77.0 Å². The second-order valence-corrected chi connectivity index (χ2v) is 15.3. The van der Waals surface area contributed by atoms with Crippen LogP contribution < -0.4 is 4.90 Å². The van der Waals surface area contributed by atoms with Crippen molar-refractivity contribution < 1.29 is 4.74 Å². The summed E-state index contributed by atoms with van der Waals surface area (Å²) in [5.41, 5.74) is 7.80. The molecule has 1 aliphatic heterocycles. The third kappa shape index (κ3) is 4.96. The van der Waals surface area contributed by atoms with Crippen molar-refractivity contribution in [3.63, 3.8) is 0 Å². The van der Waals surface area contributed by atoms with Crippen LogP contribution in [0, 0.1) is 6.92 Å². The Labute approximate surface area is 224 Å². The third-order valence-electron chi connectivity index (χ3n) is 7.02. The van der Waals surface area contributed by atoms with Gasteiger partial charge in [0.05, 0.1) is 17.8 Å². The molecular weight excluding hydrogens is 494 g/mol. The Balaban J connectivity index is 1.29. The first kappa shape index (κ1) is 24.8. The molecule has 5 aromatic rings. The second-order valence-electron chi connectivity index (χ2n) is 10.7. The molecule has 0 aliphatic carbocycles. The Morgan fingerprint density at radius 1 is 0.947 bits per heavy atom. The van der Waals surface area contributed by atoms with Gasteiger partial charge in [0.15, 0.2) is 11.5 Å². The van der Waals surface area contributed by atoms with Gasteiger partial charge in [-0.3, -0.25) is 4.57 Å². The number of aryl methyl sites for hydroxylation is 1. The van der Waals surface area contributed by atoms with Gasteiger partial charge in [-0.2, -0.15) is 0 Å². The highest BCUT2D eigenvalue weighted by Crippen LogP contribution is 2.34. The Kier molecular flexibility index (Phi) is 6.49. The number of hydrogen-bond donors (Lipinski definition) is 0. The van der Waals surface area contributed by atoms with E-state index in [-0.39, 0.29) is 0 Å². The van der Waals surface area contributed by atoms with E-state index in [9.17, 15) is 0 Å². The highest BCUT2D eigenvalue weighted by molar-refractivity contribution is 8.32. The van der Waals surface area contributed by atoms with Crippen LogP contribution in [0.3, 0.4) is 0 Å². The number of rotatable bonds is 7. The van der Waals surface area contributed by atoms with Crippen molar-refractivity contribution in [2.24, 2.45) is 0 Å². The Hall–Kier alpha value is -3.56. The van der Waals surface area contributed by atoms with Crippen LogP contribution in [0.5, 0.6) is 0 Å². The molecule has 38 heavy (non-hydrogen) atoms. The second kappa shape index (κ2) is 9.96. The van der Waals surface area contributed by atoms with Gasteiger partial charge in [-0.05, 0) is 61.4 Å². The maximum Gasteiger partial charge on any atom is 0.161 e. The number of aromatic nitrogens is 6. The molecule has 0 fully saturated rings. The minimum atomic E-state index is -0.578. The lowest BCUT2D eigenvalue weighted by molar-refractivity contribution is 0.0906. The van der Waals surface area contributed by atoms with Crippen molar-refractivity contribution in [2.45, 2.75) is 26.6 Å². The van der Waals surface area contributed by atoms with Gasteiger partial charge in [-0.25, -0.2) is 34.9 Å². The molecule has 0 radical (unpaired) electrons. The Bertz CT molecular complexity index is 1630. The molecule has 0 unspecified atom stereocenters. The zero-order valence-corrected chi connectivity index (χ0v) is 23.2. The Morgan fingerprint density at radius 3 is 2.63 bits per heavy atom. The molecule has 1 aliphatic rings. The fourth-order valence-electron chi connectivity index (χ4n) is 4.88. The van der Waals surface area contributed by atoms with Crippen LogP contribution in [0.25, 0.3) is 33.5 Å². The van der Waals surface area contributed by atoms with E-state index < -0.39 is 10.0 Å². The van der Waals surface area contributed by atoms with Crippen molar-refractivity contribution in [3.8, 4) is 11.3 Å². The van der Waals surface area contributed by atoms with Crippen molar-refractivity contribution in [2.75, 3.05) is 42.6 Å². The number of imidazole rings is 1. The fourth-order valence-corrected chi connectivity index (χ4v) is 5.50. The highest BCUT2D eigenvalue weighted by atomic mass is 32.3. The molecule has 1 aromatic carbocycles. The average molecular weight is 528 g/mol. The van der Waals surface area contributed by atoms with Crippen molar-refractivity contribution in [3.05, 3.63) is 71.9 Å². The predicted octanol–water partition coefficient (Wildman–Crippen LogP) is 4.98. The first-order valence-corrected chi connectivity index (χ1v) is 15.9. The van der Waals surface area contributed by atoms with Crippen LogP contribution in [-0.4, -0.2) is 67.2 Å². The Morgan fingerprint density at radius 2 is 1.79 bits per heavy atom. The van der Waals surface area contributed by atoms with Gasteiger partial charge in [0.25, 0.3) is 0 Å². The number of ether oxygens (including phenoxy) is 1. The van der Waals surface area contributed by atoms with E-state index in [1.54, 1.807) is 6.33 Å². The minimum absolute atomic E-state index is 0.456. The molecule has 0 bridgehead atoms. The smallest absolute Gasteiger partial charge is 0.161 e. The number of benzene rings is 1. The van der Waals surface area contributed by atoms with Crippen LogP contribution in [-0.2, 0) is 24.4 Å². The summed E-state index contributed by atoms with van der Waals surface area (Å²) < 4.78 is 8.00. The first-order valence-electron chi connectivity index (χ1n) is 12.9. The van der Waals surface area contributed by atoms with E-state index in [4.69, 9.17) is 19.7 Å². The summed E-state index contributed by atoms with van der Waals surface area (Å²) in [5.74, 6) is 2.84. The summed E-state index contributed by atoms with van der Waals surface area (Å²) in [7, 11) is -0.578. The van der Waals surface area contributed by atoms with Crippen LogP contribution in [0.15, 0.2) is 55.0 Å². The SMILES string of the molecule is Cc1nc2cc(-c3ccc4ncnc(N5CCc6ccccc6C5)c4n3)cnc2n1COCCS(C)(C)C. The van der Waals surface area contributed by atoms with Gasteiger partial charge in [0.2, 0.25) is 0 Å². The van der Waals surface area contributed by atoms with Crippen LogP contribution in [0.2, 0.25) is 0 Å². The zero-order chi connectivity index (χ0) is 26.3. The van der Waals surface area contributed by atoms with Crippen LogP contribution in [0.1, 0.15) is 17.0 Å². The summed E-state index contributed by atoms with van der Waals surface area (Å²) in [4.78, 5) is 26.0. The van der Waals surface area contributed by atoms with Gasteiger partial charge >= 0.3 is 0 Å². The molecular formula is C29H33N7OS. The summed E-state index contributed by atoms with van der Waals surface area (Å²) in [5, 5.41) is 0. The van der Waals surface area contributed by atoms with Crippen molar-refractivity contribution >= 4 is 38.0 Å². The van der Waals surface area contributed by atoms with Crippen molar-refractivity contribution in [1.29, 1.82) is 0 Å². The van der Waals surface area contributed by atoms with Crippen LogP contribution in [0.4, 0.5) is 5.82 Å². The minimum Gasteiger partial charge on any atom is -0.360 e. The monoisotopic (exact) mass is 527 g/mol. The number of fused-ring (bicyclic) bond motifs is 3. The zero-order valence-electron chi connectivity index (χ0n) is 22.4. The molecule has 0 atom stereocenters. The van der Waals surface area contributed by atoms with Gasteiger partial charge in [-0.1, -0.05) is 24.3 Å². The molecule has 0 saturated heterocycles. The summed E-state index contributed by atoms with van der Waals surface area (Å²) in [6.45, 7) is 4.91. The molecule has 0 spiro atoms. The van der Waals surface area contributed by atoms with Gasteiger partial charge < -0.3 is 9.64 Å². The number of anilines is 1. The quantitative estimate of drug-likeness (QED) is 0.276. The normalized spacial score (nSPS) is 14.3. The third-order valence-corrected chi connectivity index (χ3v) is 8.42. The summed E-state index contributed by atoms with van der Waals surface area (Å²) in [6.07, 6.45) is 11.4. The summed E-state index contributed by atoms with van der Waals surface area (Å²) in [6, 6.07) is 14.7. The summed E-state index contributed by atoms with van der Waals surface area (Å²) >= 11 is 0. The molecule has 5 heterocycles. The van der Waals surface area contributed by atoms with E-state index in [1.807, 2.05) is 29.8 Å². The lowest BCUT2D eigenvalue weighted by Gasteiger charge is -2.30. The van der Waals surface area contributed by atoms with E-state index in [0.29, 0.717) is 6.73 Å². The molecule has 9 heteroatoms. The predicted molar refractivity (Wildman–Crippen MR) is 156 cm³/mol. The average Bonchev–Trinajstić information content (AvgIpc) is 3.23. The standard InChI is InChI=1S/C29H33N7OS/c1-20-33-26-15-23(16-30-28(26)36(20)19-37-13-14-38(2,3)4)24-9-10-25-27(34-24)29(32-18-31-25)35-12-11-21-7-5-6-8-22(21)17-35/h5-10,15-16,18H,11-14,17,19H2,1-4H3. The van der Waals surface area contributed by atoms with E-state index in [1.165, 1.54) is 11.1 Å². The fraction of sp³-hybridized carbons (Fsp3) is 0.345. The highest BCUT2D eigenvalue weighted by Gasteiger charge is 2.20. The molecule has 4 aromatic heterocycles. The molecule has 6 rings (SSSR count). The maximum atomic E-state index is 5.97. The lowest BCUT2D eigenvalue weighted by Crippen LogP contribution is -2.31. The largest absolute Gasteiger partial charge is 0.360 e. The van der Waals surface area contributed by atoms with Crippen LogP contribution >= 0.6 is 10.0 Å². The van der Waals surface area contributed by atoms with E-state index >= 15 is 0 Å². The van der Waals surface area contributed by atoms with Gasteiger partial charge in [0.1, 0.15) is 29.9 Å². The van der Waals surface area contributed by atoms with Gasteiger partial charge in [0, 0.05) is 30.6 Å². The number of hydrogen-bond acceptors (Lipinski definition) is 7.